The summed E-state index contributed by atoms with van der Waals surface area (Å²) in [5.74, 6) is 0.752. The molecule has 1 saturated heterocycles. The molecule has 0 bridgehead atoms. The van der Waals surface area contributed by atoms with E-state index in [4.69, 9.17) is 22.7 Å². The molecule has 5 heteroatoms. The molecule has 0 aliphatic carbocycles. The number of fused-ring (bicyclic) bond motifs is 1. The molecule has 1 atom stereocenters. The topological polar surface area (TPSA) is 60.2 Å². The molecule has 3 rings (SSSR count). The molecule has 1 aromatic heterocycles. The highest BCUT2D eigenvalue weighted by Gasteiger charge is 2.18. The van der Waals surface area contributed by atoms with Crippen LogP contribution in [0.5, 0.6) is 0 Å². The number of hydrogen-bond acceptors (Lipinski definition) is 4. The molecule has 0 saturated carbocycles. The molecule has 1 unspecified atom stereocenters. The zero-order valence-corrected chi connectivity index (χ0v) is 11.2. The van der Waals surface area contributed by atoms with Gasteiger partial charge in [-0.3, -0.25) is 0 Å². The Hall–Kier alpha value is -1.72. The van der Waals surface area contributed by atoms with E-state index >= 15 is 0 Å². The molecule has 4 nitrogen and oxygen atoms in total. The first-order chi connectivity index (χ1) is 9.24. The number of nitrogens with two attached hydrogens (primary N) is 1. The molecule has 1 fully saturated rings. The Balaban J connectivity index is 2.04. The zero-order valence-electron chi connectivity index (χ0n) is 10.4. The van der Waals surface area contributed by atoms with E-state index in [1.807, 2.05) is 30.3 Å². The van der Waals surface area contributed by atoms with Gasteiger partial charge in [-0.25, -0.2) is 4.98 Å². The second-order valence-electron chi connectivity index (χ2n) is 4.65. The van der Waals surface area contributed by atoms with Crippen LogP contribution in [0.4, 0.5) is 5.82 Å². The smallest absolute Gasteiger partial charge is 0.137 e. The van der Waals surface area contributed by atoms with Crippen LogP contribution >= 0.6 is 12.2 Å². The standard InChI is InChI=1S/C14H15N3OS/c15-13(19)11-7-9-3-1-2-4-12(9)17-14(11)16-10-5-6-18-8-10/h1-4,7,10H,5-6,8H2,(H2,15,19)(H,16,17). The lowest BCUT2D eigenvalue weighted by Crippen LogP contribution is -2.23. The highest BCUT2D eigenvalue weighted by molar-refractivity contribution is 7.80. The summed E-state index contributed by atoms with van der Waals surface area (Å²) in [5, 5.41) is 4.42. The van der Waals surface area contributed by atoms with Crippen molar-refractivity contribution in [2.75, 3.05) is 18.5 Å². The second kappa shape index (κ2) is 5.11. The maximum Gasteiger partial charge on any atom is 0.137 e. The predicted molar refractivity (Wildman–Crippen MR) is 80.5 cm³/mol. The number of benzene rings is 1. The number of anilines is 1. The Morgan fingerprint density at radius 2 is 2.26 bits per heavy atom. The predicted octanol–water partition coefficient (Wildman–Crippen LogP) is 2.07. The quantitative estimate of drug-likeness (QED) is 0.838. The number of hydrogen-bond donors (Lipinski definition) is 2. The molecular formula is C14H15N3OS. The van der Waals surface area contributed by atoms with Gasteiger partial charge in [0.15, 0.2) is 0 Å². The van der Waals surface area contributed by atoms with E-state index in [0.717, 1.165) is 35.3 Å². The van der Waals surface area contributed by atoms with Gasteiger partial charge in [0.25, 0.3) is 0 Å². The summed E-state index contributed by atoms with van der Waals surface area (Å²) in [5.41, 5.74) is 7.53. The van der Waals surface area contributed by atoms with Crippen molar-refractivity contribution in [2.45, 2.75) is 12.5 Å². The van der Waals surface area contributed by atoms with E-state index in [9.17, 15) is 0 Å². The molecule has 98 valence electrons. The maximum absolute atomic E-state index is 5.80. The summed E-state index contributed by atoms with van der Waals surface area (Å²) < 4.78 is 5.36. The van der Waals surface area contributed by atoms with Gasteiger partial charge in [0.2, 0.25) is 0 Å². The molecule has 19 heavy (non-hydrogen) atoms. The van der Waals surface area contributed by atoms with E-state index < -0.39 is 0 Å². The number of aromatic nitrogens is 1. The molecule has 0 amide bonds. The Kier molecular flexibility index (Phi) is 3.31. The Labute approximate surface area is 117 Å². The lowest BCUT2D eigenvalue weighted by atomic mass is 10.1. The van der Waals surface area contributed by atoms with Gasteiger partial charge in [0.1, 0.15) is 10.8 Å². The normalized spacial score (nSPS) is 18.6. The van der Waals surface area contributed by atoms with Crippen LogP contribution in [0.15, 0.2) is 30.3 Å². The van der Waals surface area contributed by atoms with Crippen molar-refractivity contribution < 1.29 is 4.74 Å². The van der Waals surface area contributed by atoms with Crippen LogP contribution in [-0.4, -0.2) is 29.2 Å². The number of pyridine rings is 1. The van der Waals surface area contributed by atoms with Crippen LogP contribution in [0.25, 0.3) is 10.9 Å². The fraction of sp³-hybridized carbons (Fsp3) is 0.286. The second-order valence-corrected chi connectivity index (χ2v) is 5.09. The van der Waals surface area contributed by atoms with Crippen molar-refractivity contribution in [3.05, 3.63) is 35.9 Å². The van der Waals surface area contributed by atoms with Gasteiger partial charge in [-0.2, -0.15) is 0 Å². The van der Waals surface area contributed by atoms with Crippen molar-refractivity contribution >= 4 is 33.9 Å². The van der Waals surface area contributed by atoms with Crippen LogP contribution in [0.3, 0.4) is 0 Å². The first-order valence-corrected chi connectivity index (χ1v) is 6.69. The minimum Gasteiger partial charge on any atom is -0.389 e. The summed E-state index contributed by atoms with van der Waals surface area (Å²) in [6, 6.07) is 10.2. The van der Waals surface area contributed by atoms with Gasteiger partial charge in [-0.1, -0.05) is 30.4 Å². The highest BCUT2D eigenvalue weighted by atomic mass is 32.1. The Bertz CT molecular complexity index is 623. The van der Waals surface area contributed by atoms with Crippen molar-refractivity contribution in [3.63, 3.8) is 0 Å². The fourth-order valence-corrected chi connectivity index (χ4v) is 2.41. The number of ether oxygens (including phenoxy) is 1. The minimum atomic E-state index is 0.279. The fourth-order valence-electron chi connectivity index (χ4n) is 2.26. The van der Waals surface area contributed by atoms with E-state index in [2.05, 4.69) is 10.3 Å². The number of thiocarbonyl (C=S) groups is 1. The summed E-state index contributed by atoms with van der Waals surface area (Å²) in [6.07, 6.45) is 0.977. The summed E-state index contributed by atoms with van der Waals surface area (Å²) in [6.45, 7) is 1.49. The average molecular weight is 273 g/mol. The highest BCUT2D eigenvalue weighted by Crippen LogP contribution is 2.22. The van der Waals surface area contributed by atoms with Gasteiger partial charge in [-0.15, -0.1) is 0 Å². The van der Waals surface area contributed by atoms with E-state index in [0.29, 0.717) is 11.6 Å². The minimum absolute atomic E-state index is 0.279. The van der Waals surface area contributed by atoms with Crippen molar-refractivity contribution in [1.29, 1.82) is 0 Å². The monoisotopic (exact) mass is 273 g/mol. The Morgan fingerprint density at radius 3 is 3.00 bits per heavy atom. The maximum atomic E-state index is 5.80. The molecule has 2 aromatic rings. The van der Waals surface area contributed by atoms with Gasteiger partial charge in [-0.05, 0) is 18.6 Å². The SMILES string of the molecule is NC(=S)c1cc2ccccc2nc1NC1CCOC1. The van der Waals surface area contributed by atoms with Crippen molar-refractivity contribution in [2.24, 2.45) is 5.73 Å². The molecule has 0 spiro atoms. The third-order valence-electron chi connectivity index (χ3n) is 3.26. The van der Waals surface area contributed by atoms with E-state index in [1.165, 1.54) is 0 Å². The molecule has 1 aromatic carbocycles. The van der Waals surface area contributed by atoms with Crippen LogP contribution in [0, 0.1) is 0 Å². The largest absolute Gasteiger partial charge is 0.389 e. The third kappa shape index (κ3) is 2.52. The molecule has 1 aliphatic rings. The zero-order chi connectivity index (χ0) is 13.2. The first kappa shape index (κ1) is 12.3. The van der Waals surface area contributed by atoms with Gasteiger partial charge < -0.3 is 15.8 Å². The Morgan fingerprint density at radius 1 is 1.42 bits per heavy atom. The van der Waals surface area contributed by atoms with Crippen molar-refractivity contribution in [1.82, 2.24) is 4.98 Å². The first-order valence-electron chi connectivity index (χ1n) is 6.28. The summed E-state index contributed by atoms with van der Waals surface area (Å²) in [4.78, 5) is 4.99. The molecular weight excluding hydrogens is 258 g/mol. The molecule has 0 radical (unpaired) electrons. The van der Waals surface area contributed by atoms with Gasteiger partial charge in [0.05, 0.1) is 23.7 Å². The van der Waals surface area contributed by atoms with E-state index in [-0.39, 0.29) is 6.04 Å². The number of nitrogens with zero attached hydrogens (tertiary/aromatic N) is 1. The lowest BCUT2D eigenvalue weighted by Gasteiger charge is -2.15. The summed E-state index contributed by atoms with van der Waals surface area (Å²) in [7, 11) is 0. The third-order valence-corrected chi connectivity index (χ3v) is 3.48. The molecule has 1 aliphatic heterocycles. The van der Waals surface area contributed by atoms with Crippen molar-refractivity contribution in [3.8, 4) is 0 Å². The number of para-hydroxylation sites is 1. The van der Waals surface area contributed by atoms with Gasteiger partial charge >= 0.3 is 0 Å². The van der Waals surface area contributed by atoms with Crippen LogP contribution in [0.1, 0.15) is 12.0 Å². The van der Waals surface area contributed by atoms with E-state index in [1.54, 1.807) is 0 Å². The van der Waals surface area contributed by atoms with Crippen LogP contribution in [-0.2, 0) is 4.74 Å². The number of nitrogens with one attached hydrogen (secondary N) is 1. The molecule has 3 N–H and O–H groups in total. The van der Waals surface area contributed by atoms with Gasteiger partial charge in [0, 0.05) is 12.0 Å². The summed E-state index contributed by atoms with van der Waals surface area (Å²) >= 11 is 5.12. The molecule has 2 heterocycles. The lowest BCUT2D eigenvalue weighted by molar-refractivity contribution is 0.195. The average Bonchev–Trinajstić information content (AvgIpc) is 2.90. The van der Waals surface area contributed by atoms with Crippen LogP contribution < -0.4 is 11.1 Å². The van der Waals surface area contributed by atoms with Crippen LogP contribution in [0.2, 0.25) is 0 Å². The number of rotatable bonds is 3.